The predicted molar refractivity (Wildman–Crippen MR) is 92.5 cm³/mol. The van der Waals surface area contributed by atoms with Crippen LogP contribution < -0.4 is 5.56 Å². The van der Waals surface area contributed by atoms with E-state index in [0.29, 0.717) is 19.0 Å². The number of pyridine rings is 1. The first kappa shape index (κ1) is 15.4. The van der Waals surface area contributed by atoms with Gasteiger partial charge in [-0.25, -0.2) is 9.97 Å². The topological polar surface area (TPSA) is 47.8 Å². The lowest BCUT2D eigenvalue weighted by Crippen LogP contribution is -2.21. The van der Waals surface area contributed by atoms with Crippen molar-refractivity contribution in [3.63, 3.8) is 0 Å². The van der Waals surface area contributed by atoms with Gasteiger partial charge < -0.3 is 0 Å². The number of fused-ring (bicyclic) bond motifs is 1. The molecule has 0 amide bonds. The highest BCUT2D eigenvalue weighted by atomic mass is 32.6. The fourth-order valence-electron chi connectivity index (χ4n) is 1.83. The molecule has 4 atom stereocenters. The molecular weight excluding hydrogens is 314 g/mol. The number of hydrogen-bond acceptors (Lipinski definition) is 3. The van der Waals surface area contributed by atoms with E-state index >= 15 is 0 Å². The largest absolute Gasteiger partial charge is 0.268 e. The number of nitrogens with zero attached hydrogens (tertiary/aromatic N) is 3. The van der Waals surface area contributed by atoms with Crippen LogP contribution in [0, 0.1) is 0 Å². The van der Waals surface area contributed by atoms with Crippen LogP contribution in [0.25, 0.3) is 11.0 Å². The van der Waals surface area contributed by atoms with Gasteiger partial charge in [-0.2, -0.15) is 0 Å². The van der Waals surface area contributed by atoms with E-state index in [1.54, 1.807) is 18.3 Å². The second-order valence-corrected chi connectivity index (χ2v) is 12.9. The molecule has 2 heterocycles. The van der Waals surface area contributed by atoms with Crippen LogP contribution in [0.15, 0.2) is 23.1 Å². The second kappa shape index (κ2) is 7.14. The number of hydrogen-bond donors (Lipinski definition) is 0. The van der Waals surface area contributed by atoms with Crippen LogP contribution >= 0.6 is 33.3 Å². The van der Waals surface area contributed by atoms with Crippen LogP contribution in [-0.4, -0.2) is 14.3 Å². The van der Waals surface area contributed by atoms with E-state index in [0.717, 1.165) is 25.1 Å². The average molecular weight is 331 g/mol. The fraction of sp³-hybridized carbons (Fsp3) is 0.364. The van der Waals surface area contributed by atoms with Gasteiger partial charge in [0.25, 0.3) is 5.56 Å². The van der Waals surface area contributed by atoms with Gasteiger partial charge in [-0.15, -0.1) is 8.93 Å². The molecular formula is C11H17N3OP4. The molecule has 4 unspecified atom stereocenters. The highest BCUT2D eigenvalue weighted by molar-refractivity contribution is 8.60. The second-order valence-electron chi connectivity index (χ2n) is 4.10. The molecule has 0 aliphatic rings. The standard InChI is InChI=1S/C11H17N3OP4/c1-2-3-6-9-13-10-8(5-4-7-12-10)11(15)14(9)19(17)18-16/h4-5,7,18H,2-3,6,16-17H2,1H3. The van der Waals surface area contributed by atoms with Crippen molar-refractivity contribution < 1.29 is 0 Å². The molecule has 0 aromatic carbocycles. The molecule has 0 aliphatic carbocycles. The Balaban J connectivity index is 2.65. The number of rotatable bonds is 5. The first-order valence-electron chi connectivity index (χ1n) is 6.07. The van der Waals surface area contributed by atoms with Gasteiger partial charge >= 0.3 is 0 Å². The van der Waals surface area contributed by atoms with Crippen molar-refractivity contribution in [1.29, 1.82) is 0 Å². The number of aromatic nitrogens is 3. The summed E-state index contributed by atoms with van der Waals surface area (Å²) >= 11 is 0. The summed E-state index contributed by atoms with van der Waals surface area (Å²) in [7, 11) is 5.56. The normalized spacial score (nSPS) is 13.4. The van der Waals surface area contributed by atoms with Crippen LogP contribution in [0.3, 0.4) is 0 Å². The maximum absolute atomic E-state index is 12.6. The SMILES string of the molecule is CCCCc1nc2ncccc2c(=O)n1P(P)PP. The summed E-state index contributed by atoms with van der Waals surface area (Å²) in [6.45, 7) is 2.14. The molecule has 4 nitrogen and oxygen atoms in total. The highest BCUT2D eigenvalue weighted by Crippen LogP contribution is 2.66. The minimum absolute atomic E-state index is 0.0419. The Morgan fingerprint density at radius 2 is 2.32 bits per heavy atom. The zero-order valence-corrected chi connectivity index (χ0v) is 14.9. The summed E-state index contributed by atoms with van der Waals surface area (Å²) in [5, 5.41) is 0.612. The van der Waals surface area contributed by atoms with Crippen molar-refractivity contribution in [3.8, 4) is 0 Å². The quantitative estimate of drug-likeness (QED) is 0.787. The Bertz CT molecular complexity index is 631. The summed E-state index contributed by atoms with van der Waals surface area (Å²) in [5.41, 5.74) is 0.607. The van der Waals surface area contributed by atoms with E-state index in [4.69, 9.17) is 0 Å². The predicted octanol–water partition coefficient (Wildman–Crippen LogP) is 3.55. The van der Waals surface area contributed by atoms with Crippen molar-refractivity contribution in [1.82, 2.24) is 14.3 Å². The average Bonchev–Trinajstić information content (AvgIpc) is 2.44. The molecule has 102 valence electrons. The monoisotopic (exact) mass is 331 g/mol. The van der Waals surface area contributed by atoms with Crippen molar-refractivity contribution in [2.24, 2.45) is 0 Å². The Hall–Kier alpha value is 0.01000. The molecule has 2 aromatic rings. The van der Waals surface area contributed by atoms with Gasteiger partial charge in [0.05, 0.1) is 5.39 Å². The molecule has 8 heteroatoms. The van der Waals surface area contributed by atoms with E-state index in [1.807, 2.05) is 4.34 Å². The molecule has 0 radical (unpaired) electrons. The molecule has 19 heavy (non-hydrogen) atoms. The molecule has 0 N–H and O–H groups in total. The van der Waals surface area contributed by atoms with Crippen LogP contribution in [0.5, 0.6) is 0 Å². The van der Waals surface area contributed by atoms with Gasteiger partial charge in [0.2, 0.25) is 0 Å². The summed E-state index contributed by atoms with van der Waals surface area (Å²) in [6.07, 6.45) is 4.65. The summed E-state index contributed by atoms with van der Waals surface area (Å²) in [5.74, 6) is 0.870. The maximum Gasteiger partial charge on any atom is 0.266 e. The van der Waals surface area contributed by atoms with Gasteiger partial charge in [-0.1, -0.05) is 30.2 Å². The van der Waals surface area contributed by atoms with Crippen molar-refractivity contribution in [3.05, 3.63) is 34.5 Å². The van der Waals surface area contributed by atoms with E-state index in [2.05, 4.69) is 34.7 Å². The molecule has 0 bridgehead atoms. The summed E-state index contributed by atoms with van der Waals surface area (Å²) in [4.78, 5) is 21.4. The Kier molecular flexibility index (Phi) is 5.79. The van der Waals surface area contributed by atoms with Crippen LogP contribution in [-0.2, 0) is 6.42 Å². The third kappa shape index (κ3) is 3.37. The molecule has 2 rings (SSSR count). The van der Waals surface area contributed by atoms with E-state index < -0.39 is 7.45 Å². The zero-order valence-electron chi connectivity index (χ0n) is 10.7. The van der Waals surface area contributed by atoms with Crippen molar-refractivity contribution in [2.75, 3.05) is 0 Å². The van der Waals surface area contributed by atoms with Crippen LogP contribution in [0.2, 0.25) is 0 Å². The summed E-state index contributed by atoms with van der Waals surface area (Å²) in [6, 6.07) is 3.59. The molecule has 2 aromatic heterocycles. The van der Waals surface area contributed by atoms with Crippen LogP contribution in [0.1, 0.15) is 25.6 Å². The van der Waals surface area contributed by atoms with Crippen molar-refractivity contribution in [2.45, 2.75) is 26.2 Å². The smallest absolute Gasteiger partial charge is 0.266 e. The lowest BCUT2D eigenvalue weighted by molar-refractivity contribution is 0.741. The van der Waals surface area contributed by atoms with E-state index in [1.165, 1.54) is 0 Å². The fourth-order valence-corrected chi connectivity index (χ4v) is 5.36. The van der Waals surface area contributed by atoms with E-state index in [-0.39, 0.29) is 5.56 Å². The minimum Gasteiger partial charge on any atom is -0.268 e. The lowest BCUT2D eigenvalue weighted by Gasteiger charge is -2.17. The van der Waals surface area contributed by atoms with Crippen molar-refractivity contribution >= 4 is 44.3 Å². The van der Waals surface area contributed by atoms with Gasteiger partial charge in [0.1, 0.15) is 5.82 Å². The lowest BCUT2D eigenvalue weighted by atomic mass is 10.2. The van der Waals surface area contributed by atoms with E-state index in [9.17, 15) is 4.79 Å². The van der Waals surface area contributed by atoms with Gasteiger partial charge in [0, 0.05) is 20.1 Å². The third-order valence-corrected chi connectivity index (χ3v) is 12.4. The maximum atomic E-state index is 12.6. The Labute approximate surface area is 119 Å². The molecule has 0 saturated heterocycles. The van der Waals surface area contributed by atoms with Crippen LogP contribution in [0.4, 0.5) is 0 Å². The molecule has 0 fully saturated rings. The first-order chi connectivity index (χ1) is 9.19. The zero-order chi connectivity index (χ0) is 13.8. The van der Waals surface area contributed by atoms with Gasteiger partial charge in [0.15, 0.2) is 5.65 Å². The first-order valence-corrected chi connectivity index (χ1v) is 12.6. The van der Waals surface area contributed by atoms with Gasteiger partial charge in [-0.3, -0.25) is 9.13 Å². The molecule has 0 saturated carbocycles. The molecule has 0 aliphatic heterocycles. The highest BCUT2D eigenvalue weighted by Gasteiger charge is 2.15. The Morgan fingerprint density at radius 3 is 3.00 bits per heavy atom. The number of aryl methyl sites for hydroxylation is 1. The van der Waals surface area contributed by atoms with Gasteiger partial charge in [-0.05, 0) is 18.6 Å². The minimum atomic E-state index is -0.584. The summed E-state index contributed by atoms with van der Waals surface area (Å²) < 4.78 is 1.87. The third-order valence-electron chi connectivity index (χ3n) is 2.79. The number of unbranched alkanes of at least 4 members (excludes halogenated alkanes) is 1. The molecule has 0 spiro atoms. The Morgan fingerprint density at radius 1 is 1.53 bits per heavy atom.